The third kappa shape index (κ3) is 1.27. The van der Waals surface area contributed by atoms with Gasteiger partial charge < -0.3 is 5.73 Å². The van der Waals surface area contributed by atoms with Crippen molar-refractivity contribution in [1.29, 1.82) is 5.26 Å². The Labute approximate surface area is 78.0 Å². The van der Waals surface area contributed by atoms with Crippen molar-refractivity contribution in [3.8, 4) is 6.07 Å². The van der Waals surface area contributed by atoms with E-state index < -0.39 is 0 Å². The largest absolute Gasteiger partial charge is 0.398 e. The number of hydrogen-bond acceptors (Lipinski definition) is 2. The van der Waals surface area contributed by atoms with Crippen molar-refractivity contribution in [1.82, 2.24) is 0 Å². The van der Waals surface area contributed by atoms with Crippen LogP contribution in [0.1, 0.15) is 29.5 Å². The first kappa shape index (κ1) is 8.12. The maximum Gasteiger partial charge on any atom is 0.102 e. The van der Waals surface area contributed by atoms with Crippen molar-refractivity contribution >= 4 is 5.69 Å². The van der Waals surface area contributed by atoms with Gasteiger partial charge in [-0.1, -0.05) is 6.07 Å². The normalized spacial score (nSPS) is 14.7. The SMILES string of the molecule is N#Cc1c(N)ccc2c1CCCC2. The molecular formula is C11H12N2. The summed E-state index contributed by atoms with van der Waals surface area (Å²) in [6.07, 6.45) is 4.54. The van der Waals surface area contributed by atoms with Gasteiger partial charge in [-0.05, 0) is 42.9 Å². The van der Waals surface area contributed by atoms with E-state index in [-0.39, 0.29) is 0 Å². The summed E-state index contributed by atoms with van der Waals surface area (Å²) in [5.74, 6) is 0. The number of benzene rings is 1. The van der Waals surface area contributed by atoms with Crippen LogP contribution in [0.15, 0.2) is 12.1 Å². The number of rotatable bonds is 0. The zero-order chi connectivity index (χ0) is 9.26. The van der Waals surface area contributed by atoms with E-state index in [2.05, 4.69) is 12.1 Å². The molecule has 0 spiro atoms. The number of nitriles is 1. The summed E-state index contributed by atoms with van der Waals surface area (Å²) in [5.41, 5.74) is 9.57. The molecule has 0 radical (unpaired) electrons. The predicted molar refractivity (Wildman–Crippen MR) is 52.2 cm³/mol. The van der Waals surface area contributed by atoms with Crippen molar-refractivity contribution in [3.05, 3.63) is 28.8 Å². The summed E-state index contributed by atoms with van der Waals surface area (Å²) in [7, 11) is 0. The monoisotopic (exact) mass is 172 g/mol. The minimum absolute atomic E-state index is 0.628. The van der Waals surface area contributed by atoms with Crippen LogP contribution in [0.4, 0.5) is 5.69 Å². The molecule has 1 aromatic carbocycles. The third-order valence-corrected chi connectivity index (χ3v) is 2.68. The molecule has 0 bridgehead atoms. The van der Waals surface area contributed by atoms with E-state index in [1.54, 1.807) is 0 Å². The van der Waals surface area contributed by atoms with Crippen molar-refractivity contribution in [2.45, 2.75) is 25.7 Å². The lowest BCUT2D eigenvalue weighted by Crippen LogP contribution is -2.07. The molecule has 2 N–H and O–H groups in total. The summed E-state index contributed by atoms with van der Waals surface area (Å²) >= 11 is 0. The highest BCUT2D eigenvalue weighted by Gasteiger charge is 2.14. The number of nitrogen functional groups attached to an aromatic ring is 1. The molecule has 0 saturated carbocycles. The predicted octanol–water partition coefficient (Wildman–Crippen LogP) is 2.02. The molecule has 0 atom stereocenters. The average molecular weight is 172 g/mol. The first-order valence-corrected chi connectivity index (χ1v) is 4.63. The van der Waals surface area contributed by atoms with Crippen molar-refractivity contribution < 1.29 is 0 Å². The van der Waals surface area contributed by atoms with E-state index in [1.807, 2.05) is 6.07 Å². The van der Waals surface area contributed by atoms with Crippen LogP contribution >= 0.6 is 0 Å². The lowest BCUT2D eigenvalue weighted by atomic mass is 9.88. The maximum atomic E-state index is 8.94. The molecule has 13 heavy (non-hydrogen) atoms. The van der Waals surface area contributed by atoms with Gasteiger partial charge in [-0.25, -0.2) is 0 Å². The highest BCUT2D eigenvalue weighted by atomic mass is 14.6. The third-order valence-electron chi connectivity index (χ3n) is 2.68. The molecule has 2 rings (SSSR count). The first-order valence-electron chi connectivity index (χ1n) is 4.63. The van der Waals surface area contributed by atoms with Gasteiger partial charge in [-0.15, -0.1) is 0 Å². The topological polar surface area (TPSA) is 49.8 Å². The molecule has 66 valence electrons. The minimum Gasteiger partial charge on any atom is -0.398 e. The summed E-state index contributed by atoms with van der Waals surface area (Å²) in [6, 6.07) is 6.11. The van der Waals surface area contributed by atoms with Crippen molar-refractivity contribution in [2.24, 2.45) is 0 Å². The Kier molecular flexibility index (Phi) is 1.94. The van der Waals surface area contributed by atoms with Crippen LogP contribution in [0, 0.1) is 11.3 Å². The van der Waals surface area contributed by atoms with Crippen LogP contribution in [-0.4, -0.2) is 0 Å². The average Bonchev–Trinajstić information content (AvgIpc) is 2.18. The maximum absolute atomic E-state index is 8.94. The second-order valence-corrected chi connectivity index (χ2v) is 3.49. The number of nitrogens with zero attached hydrogens (tertiary/aromatic N) is 1. The van der Waals surface area contributed by atoms with Crippen LogP contribution < -0.4 is 5.73 Å². The zero-order valence-electron chi connectivity index (χ0n) is 7.51. The molecule has 1 aliphatic carbocycles. The minimum atomic E-state index is 0.628. The van der Waals surface area contributed by atoms with Crippen LogP contribution in [0.3, 0.4) is 0 Å². The van der Waals surface area contributed by atoms with Crippen LogP contribution in [-0.2, 0) is 12.8 Å². The van der Waals surface area contributed by atoms with Crippen molar-refractivity contribution in [3.63, 3.8) is 0 Å². The molecule has 2 nitrogen and oxygen atoms in total. The summed E-state index contributed by atoms with van der Waals surface area (Å²) in [5, 5.41) is 8.94. The van der Waals surface area contributed by atoms with E-state index in [1.165, 1.54) is 24.0 Å². The van der Waals surface area contributed by atoms with Crippen molar-refractivity contribution in [2.75, 3.05) is 5.73 Å². The Morgan fingerprint density at radius 3 is 2.77 bits per heavy atom. The molecule has 0 saturated heterocycles. The molecule has 2 heteroatoms. The highest BCUT2D eigenvalue weighted by Crippen LogP contribution is 2.27. The standard InChI is InChI=1S/C11H12N2/c12-7-10-9-4-2-1-3-8(9)5-6-11(10)13/h5-6H,1-4,13H2. The summed E-state index contributed by atoms with van der Waals surface area (Å²) < 4.78 is 0. The van der Waals surface area contributed by atoms with Gasteiger partial charge in [-0.3, -0.25) is 0 Å². The number of anilines is 1. The van der Waals surface area contributed by atoms with Gasteiger partial charge >= 0.3 is 0 Å². The van der Waals surface area contributed by atoms with Gasteiger partial charge in [0.15, 0.2) is 0 Å². The number of fused-ring (bicyclic) bond motifs is 1. The van der Waals surface area contributed by atoms with E-state index in [4.69, 9.17) is 11.0 Å². The van der Waals surface area contributed by atoms with Gasteiger partial charge in [0, 0.05) is 5.69 Å². The Hall–Kier alpha value is -1.49. The smallest absolute Gasteiger partial charge is 0.102 e. The Bertz CT molecular complexity index is 374. The number of hydrogen-bond donors (Lipinski definition) is 1. The van der Waals surface area contributed by atoms with Gasteiger partial charge in [0.1, 0.15) is 6.07 Å². The Morgan fingerprint density at radius 1 is 1.23 bits per heavy atom. The molecule has 0 aliphatic heterocycles. The summed E-state index contributed by atoms with van der Waals surface area (Å²) in [6.45, 7) is 0. The second kappa shape index (κ2) is 3.10. The fourth-order valence-corrected chi connectivity index (χ4v) is 1.98. The second-order valence-electron chi connectivity index (χ2n) is 3.49. The molecule has 1 aromatic rings. The van der Waals surface area contributed by atoms with E-state index in [0.717, 1.165) is 12.8 Å². The highest BCUT2D eigenvalue weighted by molar-refractivity contribution is 5.60. The van der Waals surface area contributed by atoms with E-state index in [9.17, 15) is 0 Å². The van der Waals surface area contributed by atoms with Crippen LogP contribution in [0.25, 0.3) is 0 Å². The molecular weight excluding hydrogens is 160 g/mol. The van der Waals surface area contributed by atoms with Gasteiger partial charge in [0.05, 0.1) is 5.56 Å². The van der Waals surface area contributed by atoms with Gasteiger partial charge in [-0.2, -0.15) is 5.26 Å². The molecule has 0 aromatic heterocycles. The summed E-state index contributed by atoms with van der Waals surface area (Å²) in [4.78, 5) is 0. The van der Waals surface area contributed by atoms with Crippen LogP contribution in [0.5, 0.6) is 0 Å². The molecule has 0 heterocycles. The van der Waals surface area contributed by atoms with Crippen LogP contribution in [0.2, 0.25) is 0 Å². The Morgan fingerprint density at radius 2 is 2.00 bits per heavy atom. The number of aryl methyl sites for hydroxylation is 1. The molecule has 0 fully saturated rings. The van der Waals surface area contributed by atoms with Gasteiger partial charge in [0.2, 0.25) is 0 Å². The lowest BCUT2D eigenvalue weighted by Gasteiger charge is -2.17. The van der Waals surface area contributed by atoms with Gasteiger partial charge in [0.25, 0.3) is 0 Å². The Balaban J connectivity index is 2.60. The number of nitrogens with two attached hydrogens (primary N) is 1. The molecule has 0 amide bonds. The van der Waals surface area contributed by atoms with E-state index in [0.29, 0.717) is 11.3 Å². The fourth-order valence-electron chi connectivity index (χ4n) is 1.98. The fraction of sp³-hybridized carbons (Fsp3) is 0.364. The quantitative estimate of drug-likeness (QED) is 0.608. The molecule has 1 aliphatic rings. The van der Waals surface area contributed by atoms with E-state index >= 15 is 0 Å². The first-order chi connectivity index (χ1) is 6.33. The molecule has 0 unspecified atom stereocenters. The zero-order valence-corrected chi connectivity index (χ0v) is 7.51. The lowest BCUT2D eigenvalue weighted by molar-refractivity contribution is 0.684.